The number of aryl methyl sites for hydroxylation is 1. The van der Waals surface area contributed by atoms with Crippen molar-refractivity contribution in [1.29, 1.82) is 0 Å². The predicted molar refractivity (Wildman–Crippen MR) is 262 cm³/mol. The van der Waals surface area contributed by atoms with Crippen LogP contribution in [0.4, 0.5) is 38.8 Å². The number of amides is 2. The van der Waals surface area contributed by atoms with Gasteiger partial charge in [0.25, 0.3) is 11.5 Å². The third kappa shape index (κ3) is 8.85. The van der Waals surface area contributed by atoms with Gasteiger partial charge in [0.15, 0.2) is 5.82 Å². The van der Waals surface area contributed by atoms with E-state index < -0.39 is 12.1 Å². The smallest absolute Gasteiger partial charge is 0.293 e. The van der Waals surface area contributed by atoms with E-state index in [1.165, 1.54) is 28.0 Å². The summed E-state index contributed by atoms with van der Waals surface area (Å²) >= 11 is 0. The predicted octanol–water partition coefficient (Wildman–Crippen LogP) is 6.30. The van der Waals surface area contributed by atoms with Gasteiger partial charge in [-0.25, -0.2) is 14.4 Å². The number of nitrogens with one attached hydrogen (secondary N) is 2. The van der Waals surface area contributed by atoms with E-state index in [-0.39, 0.29) is 40.5 Å². The van der Waals surface area contributed by atoms with Gasteiger partial charge in [-0.3, -0.25) is 24.2 Å². The number of halogens is 1. The van der Waals surface area contributed by atoms with Crippen LogP contribution in [0.15, 0.2) is 78.4 Å². The van der Waals surface area contributed by atoms with E-state index in [1.54, 1.807) is 36.5 Å². The molecule has 3 aromatic heterocycles. The van der Waals surface area contributed by atoms with Crippen molar-refractivity contribution in [2.24, 2.45) is 18.2 Å². The molecule has 67 heavy (non-hydrogen) atoms. The molecule has 4 aliphatic rings. The van der Waals surface area contributed by atoms with Crippen LogP contribution in [0.5, 0.6) is 0 Å². The van der Waals surface area contributed by atoms with Gasteiger partial charge in [-0.2, -0.15) is 0 Å². The normalized spacial score (nSPS) is 18.8. The van der Waals surface area contributed by atoms with Gasteiger partial charge in [-0.15, -0.1) is 0 Å². The van der Waals surface area contributed by atoms with Crippen molar-refractivity contribution in [2.75, 3.05) is 64.6 Å². The molecule has 0 spiro atoms. The lowest BCUT2D eigenvalue weighted by Crippen LogP contribution is -2.57. The van der Waals surface area contributed by atoms with Gasteiger partial charge in [0.05, 0.1) is 23.7 Å². The number of nitrogens with two attached hydrogens (primary N) is 1. The molecule has 16 heteroatoms. The Kier molecular flexibility index (Phi) is 12.1. The number of pyridine rings is 1. The highest BCUT2D eigenvalue weighted by Crippen LogP contribution is 2.41. The lowest BCUT2D eigenvalue weighted by molar-refractivity contribution is -0.111. The number of aliphatic hydroxyl groups excluding tert-OH is 1. The molecule has 2 saturated heterocycles. The quantitative estimate of drug-likeness (QED) is 0.110. The Labute approximate surface area is 391 Å². The lowest BCUT2D eigenvalue weighted by Gasteiger charge is -2.47. The number of benzene rings is 2. The number of nitrogens with zero attached hydrogens (tertiary/aromatic N) is 8. The molecule has 3 aliphatic heterocycles. The SMILES string of the molecule is C=CC(=O)Nc1cc(Nc2nc(-c3ccnc(N4CCn5c(cc6c5CC(C)(C)C6)C4=O)c3CO)cn(C)c2=O)ccc1N1CCN(C2CCN(c3ccc(F)c(C(C)(C)N)c3)CC2)CC1C. The van der Waals surface area contributed by atoms with Gasteiger partial charge in [0.2, 0.25) is 5.91 Å². The average molecular weight is 912 g/mol. The third-order valence-corrected chi connectivity index (χ3v) is 14.1. The third-order valence-electron chi connectivity index (χ3n) is 14.1. The molecule has 2 aromatic carbocycles. The molecular formula is C51H62FN11O4. The highest BCUT2D eigenvalue weighted by atomic mass is 19.1. The first-order valence-electron chi connectivity index (χ1n) is 23.3. The number of aromatic nitrogens is 4. The Bertz CT molecular complexity index is 2820. The van der Waals surface area contributed by atoms with E-state index in [4.69, 9.17) is 10.7 Å². The maximum atomic E-state index is 14.6. The van der Waals surface area contributed by atoms with Gasteiger partial charge in [-0.05, 0) is 112 Å². The molecule has 352 valence electrons. The van der Waals surface area contributed by atoms with Crippen molar-refractivity contribution in [1.82, 2.24) is 24.0 Å². The van der Waals surface area contributed by atoms with Crippen LogP contribution in [0.1, 0.15) is 80.3 Å². The second kappa shape index (κ2) is 17.7. The number of anilines is 6. The van der Waals surface area contributed by atoms with E-state index in [9.17, 15) is 23.9 Å². The molecule has 0 bridgehead atoms. The summed E-state index contributed by atoms with van der Waals surface area (Å²) in [5.74, 6) is -0.422. The highest BCUT2D eigenvalue weighted by Gasteiger charge is 2.38. The topological polar surface area (TPSA) is 170 Å². The number of carbonyl (C=O) groups excluding carboxylic acids is 2. The minimum Gasteiger partial charge on any atom is -0.392 e. The van der Waals surface area contributed by atoms with Crippen molar-refractivity contribution in [3.8, 4) is 11.3 Å². The van der Waals surface area contributed by atoms with E-state index >= 15 is 0 Å². The largest absolute Gasteiger partial charge is 0.392 e. The molecule has 1 unspecified atom stereocenters. The fourth-order valence-corrected chi connectivity index (χ4v) is 10.7. The van der Waals surface area contributed by atoms with E-state index in [0.717, 1.165) is 69.8 Å². The summed E-state index contributed by atoms with van der Waals surface area (Å²) in [5, 5.41) is 17.0. The lowest BCUT2D eigenvalue weighted by atomic mass is 9.90. The van der Waals surface area contributed by atoms with Crippen molar-refractivity contribution in [3.63, 3.8) is 0 Å². The summed E-state index contributed by atoms with van der Waals surface area (Å²) in [6.07, 6.45) is 8.24. The number of aliphatic hydroxyl groups is 1. The van der Waals surface area contributed by atoms with Gasteiger partial charge in [-0.1, -0.05) is 20.4 Å². The van der Waals surface area contributed by atoms with Crippen molar-refractivity contribution in [2.45, 2.75) is 91.1 Å². The van der Waals surface area contributed by atoms with Gasteiger partial charge in [0, 0.05) is 117 Å². The zero-order valence-electron chi connectivity index (χ0n) is 39.4. The van der Waals surface area contributed by atoms with Crippen LogP contribution in [0, 0.1) is 11.2 Å². The highest BCUT2D eigenvalue weighted by molar-refractivity contribution is 6.06. The Hall–Kier alpha value is -6.36. The number of carbonyl (C=O) groups is 2. The van der Waals surface area contributed by atoms with E-state index in [1.807, 2.05) is 44.2 Å². The summed E-state index contributed by atoms with van der Waals surface area (Å²) in [6, 6.07) is 15.1. The maximum absolute atomic E-state index is 14.6. The molecule has 5 aromatic rings. The summed E-state index contributed by atoms with van der Waals surface area (Å²) in [5.41, 5.74) is 13.2. The molecular weight excluding hydrogens is 850 g/mol. The summed E-state index contributed by atoms with van der Waals surface area (Å²) < 4.78 is 18.2. The summed E-state index contributed by atoms with van der Waals surface area (Å²) in [4.78, 5) is 58.8. The number of hydrogen-bond acceptors (Lipinski definition) is 11. The molecule has 6 heterocycles. The van der Waals surface area contributed by atoms with Crippen molar-refractivity contribution in [3.05, 3.63) is 118 Å². The number of rotatable bonds is 11. The fourth-order valence-electron chi connectivity index (χ4n) is 10.7. The second-order valence-corrected chi connectivity index (χ2v) is 20.0. The molecule has 1 atom stereocenters. The Morgan fingerprint density at radius 3 is 2.52 bits per heavy atom. The summed E-state index contributed by atoms with van der Waals surface area (Å²) in [7, 11) is 1.63. The minimum absolute atomic E-state index is 0.0384. The molecule has 5 N–H and O–H groups in total. The zero-order chi connectivity index (χ0) is 47.5. The Morgan fingerprint density at radius 2 is 1.81 bits per heavy atom. The standard InChI is InChI=1S/C51H62FN11O4/c1-8-45(65)56-40-24-33(9-12-42(40)61-20-19-60(28-31(61)2)34-14-17-59(18-15-34)35-10-11-39(52)38(25-35)51(5,6)53)55-46-49(67)58(7)29-41(57-46)36-13-16-54-47(37(36)30-64)63-22-21-62-43(48(63)66)23-32-26-50(3,4)27-44(32)62/h8-13,16,23-25,29,31,34,64H,1,14-15,17-22,26-28,30,53H2,2-7H3,(H,55,57)(H,56,65). The molecule has 0 radical (unpaired) electrons. The first kappa shape index (κ1) is 45.8. The number of piperazine rings is 1. The van der Waals surface area contributed by atoms with Crippen LogP contribution >= 0.6 is 0 Å². The zero-order valence-corrected chi connectivity index (χ0v) is 39.4. The maximum Gasteiger partial charge on any atom is 0.293 e. The Balaban J connectivity index is 0.916. The fraction of sp³-hybridized carbons (Fsp3) is 0.431. The van der Waals surface area contributed by atoms with Crippen LogP contribution in [-0.2, 0) is 43.4 Å². The van der Waals surface area contributed by atoms with Crippen molar-refractivity contribution >= 4 is 46.2 Å². The summed E-state index contributed by atoms with van der Waals surface area (Å²) in [6.45, 7) is 18.8. The molecule has 2 fully saturated rings. The van der Waals surface area contributed by atoms with Crippen LogP contribution in [0.25, 0.3) is 11.3 Å². The molecule has 0 saturated carbocycles. The van der Waals surface area contributed by atoms with Crippen LogP contribution in [0.3, 0.4) is 0 Å². The van der Waals surface area contributed by atoms with E-state index in [0.29, 0.717) is 64.4 Å². The average Bonchev–Trinajstić information content (AvgIpc) is 3.79. The first-order chi connectivity index (χ1) is 31.9. The van der Waals surface area contributed by atoms with Gasteiger partial charge < -0.3 is 40.4 Å². The first-order valence-corrected chi connectivity index (χ1v) is 23.3. The van der Waals surface area contributed by atoms with Crippen LogP contribution < -0.4 is 36.6 Å². The molecule has 9 rings (SSSR count). The number of fused-ring (bicyclic) bond motifs is 3. The minimum atomic E-state index is -0.772. The van der Waals surface area contributed by atoms with Gasteiger partial charge in [0.1, 0.15) is 17.3 Å². The van der Waals surface area contributed by atoms with Gasteiger partial charge >= 0.3 is 0 Å². The number of piperidine rings is 1. The van der Waals surface area contributed by atoms with Crippen LogP contribution in [0.2, 0.25) is 0 Å². The Morgan fingerprint density at radius 1 is 1.03 bits per heavy atom. The second-order valence-electron chi connectivity index (χ2n) is 20.0. The molecule has 15 nitrogen and oxygen atoms in total. The monoisotopic (exact) mass is 911 g/mol. The molecule has 2 amide bonds. The van der Waals surface area contributed by atoms with Crippen molar-refractivity contribution < 1.29 is 19.1 Å². The molecule has 1 aliphatic carbocycles. The van der Waals surface area contributed by atoms with E-state index in [2.05, 4.69) is 62.2 Å². The number of hydrogen-bond donors (Lipinski definition) is 4. The van der Waals surface area contributed by atoms with Crippen LogP contribution in [-0.4, -0.2) is 92.3 Å².